The van der Waals surface area contributed by atoms with E-state index in [1.54, 1.807) is 19.1 Å². The third kappa shape index (κ3) is 4.02. The van der Waals surface area contributed by atoms with Crippen LogP contribution in [-0.4, -0.2) is 21.5 Å². The van der Waals surface area contributed by atoms with Gasteiger partial charge in [-0.15, -0.1) is 0 Å². The van der Waals surface area contributed by atoms with Crippen molar-refractivity contribution in [3.8, 4) is 0 Å². The van der Waals surface area contributed by atoms with Gasteiger partial charge in [-0.2, -0.15) is 0 Å². The van der Waals surface area contributed by atoms with Gasteiger partial charge < -0.3 is 4.90 Å². The van der Waals surface area contributed by atoms with E-state index in [0.29, 0.717) is 10.7 Å². The van der Waals surface area contributed by atoms with Crippen molar-refractivity contribution in [1.82, 2.24) is 0 Å². The molecule has 0 amide bonds. The smallest absolute Gasteiger partial charge is 0.261 e. The molecule has 0 saturated carbocycles. The molecule has 0 aliphatic carbocycles. The summed E-state index contributed by atoms with van der Waals surface area (Å²) in [7, 11) is -3.64. The number of aryl methyl sites for hydroxylation is 2. The Morgan fingerprint density at radius 2 is 1.67 bits per heavy atom. The summed E-state index contributed by atoms with van der Waals surface area (Å²) in [5, 5.41) is 0.550. The van der Waals surface area contributed by atoms with Crippen LogP contribution in [0.4, 0.5) is 11.4 Å². The van der Waals surface area contributed by atoms with E-state index >= 15 is 0 Å². The molecule has 2 aromatic rings. The van der Waals surface area contributed by atoms with Crippen LogP contribution in [0.25, 0.3) is 0 Å². The second-order valence-electron chi connectivity index (χ2n) is 5.69. The predicted molar refractivity (Wildman–Crippen MR) is 102 cm³/mol. The molecule has 4 nitrogen and oxygen atoms in total. The maximum Gasteiger partial charge on any atom is 0.261 e. The van der Waals surface area contributed by atoms with Gasteiger partial charge in [0, 0.05) is 23.8 Å². The van der Waals surface area contributed by atoms with E-state index in [2.05, 4.69) is 23.5 Å². The molecule has 0 fully saturated rings. The zero-order valence-electron chi connectivity index (χ0n) is 14.4. The molecule has 0 atom stereocenters. The minimum atomic E-state index is -3.64. The van der Waals surface area contributed by atoms with E-state index < -0.39 is 10.0 Å². The minimum absolute atomic E-state index is 0.205. The average Bonchev–Trinajstić information content (AvgIpc) is 2.53. The molecule has 0 unspecified atom stereocenters. The fourth-order valence-electron chi connectivity index (χ4n) is 2.54. The molecule has 2 aromatic carbocycles. The van der Waals surface area contributed by atoms with Gasteiger partial charge >= 0.3 is 0 Å². The van der Waals surface area contributed by atoms with E-state index in [0.717, 1.165) is 29.9 Å². The van der Waals surface area contributed by atoms with Crippen molar-refractivity contribution in [2.45, 2.75) is 32.6 Å². The Bertz CT molecular complexity index is 831. The van der Waals surface area contributed by atoms with Crippen molar-refractivity contribution >= 4 is 33.0 Å². The van der Waals surface area contributed by atoms with Gasteiger partial charge in [0.15, 0.2) is 0 Å². The number of rotatable bonds is 6. The van der Waals surface area contributed by atoms with Gasteiger partial charge in [0.05, 0.1) is 10.6 Å². The first-order valence-corrected chi connectivity index (χ1v) is 9.79. The second kappa shape index (κ2) is 7.45. The Hall–Kier alpha value is -1.72. The molecule has 0 aliphatic heterocycles. The number of hydrogen-bond acceptors (Lipinski definition) is 3. The van der Waals surface area contributed by atoms with Gasteiger partial charge in [-0.1, -0.05) is 11.6 Å². The van der Waals surface area contributed by atoms with Crippen molar-refractivity contribution < 1.29 is 8.42 Å². The third-order valence-corrected chi connectivity index (χ3v) is 5.81. The fraction of sp³-hybridized carbons (Fsp3) is 0.333. The molecule has 1 N–H and O–H groups in total. The summed E-state index contributed by atoms with van der Waals surface area (Å²) in [5.74, 6) is 0. The van der Waals surface area contributed by atoms with Crippen LogP contribution >= 0.6 is 11.6 Å². The predicted octanol–water partition coefficient (Wildman–Crippen LogP) is 4.60. The molecule has 2 rings (SSSR count). The molecule has 0 aliphatic rings. The summed E-state index contributed by atoms with van der Waals surface area (Å²) in [4.78, 5) is 2.42. The molecule has 0 saturated heterocycles. The van der Waals surface area contributed by atoms with Crippen LogP contribution < -0.4 is 9.62 Å². The van der Waals surface area contributed by atoms with Crippen molar-refractivity contribution in [3.63, 3.8) is 0 Å². The molecule has 0 aromatic heterocycles. The zero-order valence-corrected chi connectivity index (χ0v) is 16.0. The molecule has 6 heteroatoms. The summed E-state index contributed by atoms with van der Waals surface area (Å²) in [6.45, 7) is 9.69. The average molecular weight is 367 g/mol. The van der Waals surface area contributed by atoms with E-state index in [1.807, 2.05) is 25.1 Å². The molecular formula is C18H23ClN2O2S. The number of nitrogens with one attached hydrogen (secondary N) is 1. The molecular weight excluding hydrogens is 344 g/mol. The number of benzene rings is 2. The zero-order chi connectivity index (χ0) is 17.9. The molecule has 0 heterocycles. The minimum Gasteiger partial charge on any atom is -0.372 e. The Morgan fingerprint density at radius 3 is 2.21 bits per heavy atom. The monoisotopic (exact) mass is 366 g/mol. The Balaban J connectivity index is 2.31. The molecule has 0 radical (unpaired) electrons. The van der Waals surface area contributed by atoms with Crippen molar-refractivity contribution in [2.24, 2.45) is 0 Å². The largest absolute Gasteiger partial charge is 0.372 e. The van der Waals surface area contributed by atoms with Crippen molar-refractivity contribution in [2.75, 3.05) is 22.7 Å². The highest BCUT2D eigenvalue weighted by atomic mass is 35.5. The lowest BCUT2D eigenvalue weighted by Gasteiger charge is -2.22. The van der Waals surface area contributed by atoms with Gasteiger partial charge in [0.2, 0.25) is 0 Å². The van der Waals surface area contributed by atoms with Crippen LogP contribution in [0.15, 0.2) is 41.3 Å². The number of nitrogens with zero attached hydrogens (tertiary/aromatic N) is 1. The standard InChI is InChI=1S/C18H23ClN2O2S/c1-5-21(6-2)15-7-10-18(14(4)11-15)20-24(22,23)16-8-9-17(19)13(3)12-16/h7-12,20H,5-6H2,1-4H3. The van der Waals surface area contributed by atoms with Gasteiger partial charge in [-0.05, 0) is 75.2 Å². The normalized spacial score (nSPS) is 11.4. The molecule has 130 valence electrons. The van der Waals surface area contributed by atoms with Gasteiger partial charge in [-0.25, -0.2) is 8.42 Å². The maximum absolute atomic E-state index is 12.6. The van der Waals surface area contributed by atoms with E-state index in [1.165, 1.54) is 6.07 Å². The summed E-state index contributed by atoms with van der Waals surface area (Å²) in [5.41, 5.74) is 3.28. The first-order chi connectivity index (χ1) is 11.3. The summed E-state index contributed by atoms with van der Waals surface area (Å²) < 4.78 is 27.8. The molecule has 0 spiro atoms. The number of halogens is 1. The first kappa shape index (κ1) is 18.6. The van der Waals surface area contributed by atoms with Gasteiger partial charge in [0.1, 0.15) is 0 Å². The lowest BCUT2D eigenvalue weighted by Crippen LogP contribution is -2.22. The van der Waals surface area contributed by atoms with Crippen LogP contribution in [0.1, 0.15) is 25.0 Å². The van der Waals surface area contributed by atoms with E-state index in [4.69, 9.17) is 11.6 Å². The highest BCUT2D eigenvalue weighted by Crippen LogP contribution is 2.26. The number of anilines is 2. The van der Waals surface area contributed by atoms with Crippen LogP contribution in [0.5, 0.6) is 0 Å². The van der Waals surface area contributed by atoms with Gasteiger partial charge in [0.25, 0.3) is 10.0 Å². The maximum atomic E-state index is 12.6. The van der Waals surface area contributed by atoms with E-state index in [9.17, 15) is 8.42 Å². The third-order valence-electron chi connectivity index (χ3n) is 4.02. The van der Waals surface area contributed by atoms with Crippen LogP contribution in [0, 0.1) is 13.8 Å². The lowest BCUT2D eigenvalue weighted by molar-refractivity contribution is 0.601. The van der Waals surface area contributed by atoms with Crippen LogP contribution in [0.2, 0.25) is 5.02 Å². The number of sulfonamides is 1. The lowest BCUT2D eigenvalue weighted by atomic mass is 10.1. The highest BCUT2D eigenvalue weighted by Gasteiger charge is 2.16. The summed E-state index contributed by atoms with van der Waals surface area (Å²) in [6.07, 6.45) is 0. The van der Waals surface area contributed by atoms with E-state index in [-0.39, 0.29) is 4.90 Å². The Kier molecular flexibility index (Phi) is 5.78. The number of hydrogen-bond donors (Lipinski definition) is 1. The summed E-state index contributed by atoms with van der Waals surface area (Å²) >= 11 is 5.97. The topological polar surface area (TPSA) is 49.4 Å². The second-order valence-corrected chi connectivity index (χ2v) is 7.78. The Labute approximate surface area is 149 Å². The van der Waals surface area contributed by atoms with Crippen LogP contribution in [-0.2, 0) is 10.0 Å². The quantitative estimate of drug-likeness (QED) is 0.812. The SMILES string of the molecule is CCN(CC)c1ccc(NS(=O)(=O)c2ccc(Cl)c(C)c2)c(C)c1. The van der Waals surface area contributed by atoms with Gasteiger partial charge in [-0.3, -0.25) is 4.72 Å². The first-order valence-electron chi connectivity index (χ1n) is 7.93. The molecule has 24 heavy (non-hydrogen) atoms. The van der Waals surface area contributed by atoms with Crippen molar-refractivity contribution in [3.05, 3.63) is 52.5 Å². The van der Waals surface area contributed by atoms with Crippen molar-refractivity contribution in [1.29, 1.82) is 0 Å². The Morgan fingerprint density at radius 1 is 1.00 bits per heavy atom. The van der Waals surface area contributed by atoms with Crippen LogP contribution in [0.3, 0.4) is 0 Å². The highest BCUT2D eigenvalue weighted by molar-refractivity contribution is 7.92. The summed E-state index contributed by atoms with van der Waals surface area (Å²) in [6, 6.07) is 10.4. The fourth-order valence-corrected chi connectivity index (χ4v) is 3.87. The molecule has 0 bridgehead atoms.